The highest BCUT2D eigenvalue weighted by atomic mass is 35.5. The van der Waals surface area contributed by atoms with Crippen molar-refractivity contribution in [3.8, 4) is 0 Å². The van der Waals surface area contributed by atoms with Gasteiger partial charge in [0.2, 0.25) is 0 Å². The van der Waals surface area contributed by atoms with E-state index in [0.717, 1.165) is 48.3 Å². The number of rotatable bonds is 6. The van der Waals surface area contributed by atoms with Gasteiger partial charge < -0.3 is 0 Å². The number of nitro groups is 1. The molecule has 4 saturated carbocycles. The Morgan fingerprint density at radius 3 is 2.32 bits per heavy atom. The molecule has 4 rings (SSSR count). The first kappa shape index (κ1) is 23.8. The number of alkyl halides is 1. The molecule has 4 aliphatic rings. The van der Waals surface area contributed by atoms with Crippen molar-refractivity contribution >= 4 is 11.6 Å². The second-order valence-electron chi connectivity index (χ2n) is 13.1. The van der Waals surface area contributed by atoms with Gasteiger partial charge in [-0.15, -0.1) is 0 Å². The Morgan fingerprint density at radius 2 is 1.65 bits per heavy atom. The highest BCUT2D eigenvalue weighted by Gasteiger charge is 2.63. The first-order chi connectivity index (χ1) is 14.5. The molecule has 0 heterocycles. The minimum Gasteiger partial charge on any atom is -0.263 e. The van der Waals surface area contributed by atoms with Crippen molar-refractivity contribution in [2.45, 2.75) is 117 Å². The van der Waals surface area contributed by atoms with E-state index in [1.165, 1.54) is 51.4 Å². The number of hydrogen-bond donors (Lipinski definition) is 0. The molecule has 0 radical (unpaired) electrons. The molecule has 0 saturated heterocycles. The molecule has 0 aromatic heterocycles. The van der Waals surface area contributed by atoms with Crippen LogP contribution in [0.25, 0.3) is 0 Å². The Labute approximate surface area is 195 Å². The molecule has 0 bridgehead atoms. The Kier molecular flexibility index (Phi) is 6.52. The number of fused-ring (bicyclic) bond motifs is 5. The van der Waals surface area contributed by atoms with Crippen LogP contribution in [-0.2, 0) is 0 Å². The van der Waals surface area contributed by atoms with Crippen LogP contribution in [0.3, 0.4) is 0 Å². The zero-order valence-electron chi connectivity index (χ0n) is 20.7. The molecule has 178 valence electrons. The third-order valence-corrected chi connectivity index (χ3v) is 11.7. The van der Waals surface area contributed by atoms with E-state index >= 15 is 0 Å². The molecule has 0 amide bonds. The minimum absolute atomic E-state index is 0.194. The molecule has 0 spiro atoms. The van der Waals surface area contributed by atoms with Crippen LogP contribution in [0, 0.1) is 62.4 Å². The van der Waals surface area contributed by atoms with Gasteiger partial charge in [-0.1, -0.05) is 53.9 Å². The zero-order valence-corrected chi connectivity index (χ0v) is 21.4. The fourth-order valence-electron chi connectivity index (χ4n) is 9.39. The predicted octanol–water partition coefficient (Wildman–Crippen LogP) is 8.32. The summed E-state index contributed by atoms with van der Waals surface area (Å²) in [6.07, 6.45) is 14.2. The summed E-state index contributed by atoms with van der Waals surface area (Å²) in [4.78, 5) is 10.2. The van der Waals surface area contributed by atoms with Crippen molar-refractivity contribution in [3.63, 3.8) is 0 Å². The quantitative estimate of drug-likeness (QED) is 0.176. The van der Waals surface area contributed by atoms with E-state index in [0.29, 0.717) is 24.2 Å². The lowest BCUT2D eigenvalue weighted by Gasteiger charge is -2.61. The summed E-state index contributed by atoms with van der Waals surface area (Å²) in [6, 6.07) is 0. The summed E-state index contributed by atoms with van der Waals surface area (Å²) in [5.74, 6) is 5.47. The topological polar surface area (TPSA) is 43.1 Å². The van der Waals surface area contributed by atoms with Crippen molar-refractivity contribution in [3.05, 3.63) is 10.1 Å². The minimum atomic E-state index is -1.20. The highest BCUT2D eigenvalue weighted by molar-refractivity contribution is 6.22. The second kappa shape index (κ2) is 8.48. The maximum atomic E-state index is 11.6. The van der Waals surface area contributed by atoms with E-state index < -0.39 is 5.00 Å². The average molecular weight is 452 g/mol. The lowest BCUT2D eigenvalue weighted by atomic mass is 9.44. The number of halogens is 1. The number of nitrogens with zero attached hydrogens (tertiary/aromatic N) is 1. The Morgan fingerprint density at radius 1 is 0.935 bits per heavy atom. The van der Waals surface area contributed by atoms with Crippen molar-refractivity contribution in [1.82, 2.24) is 0 Å². The summed E-state index contributed by atoms with van der Waals surface area (Å²) in [7, 11) is 0. The summed E-state index contributed by atoms with van der Waals surface area (Å²) in [6.45, 7) is 12.4. The third kappa shape index (κ3) is 3.97. The SMILES string of the molecule is CC(C)CCC[C@@H](C)[C@@H]1CC[C@@H]2[C@@H]3CC[C@H]4C[C@@](Cl)([N+](=O)[O-])CC[C@]4(C)[C@H]3CC[C@]21C. The smallest absolute Gasteiger partial charge is 0.263 e. The predicted molar refractivity (Wildman–Crippen MR) is 129 cm³/mol. The van der Waals surface area contributed by atoms with Crippen molar-refractivity contribution in [2.75, 3.05) is 0 Å². The van der Waals surface area contributed by atoms with Crippen LogP contribution >= 0.6 is 11.6 Å². The van der Waals surface area contributed by atoms with E-state index in [9.17, 15) is 10.1 Å². The molecular formula is C27H46ClNO2. The van der Waals surface area contributed by atoms with Gasteiger partial charge in [0, 0.05) is 17.8 Å². The summed E-state index contributed by atoms with van der Waals surface area (Å²) in [5, 5.41) is 11.6. The lowest BCUT2D eigenvalue weighted by molar-refractivity contribution is -0.550. The summed E-state index contributed by atoms with van der Waals surface area (Å²) >= 11 is 6.49. The van der Waals surface area contributed by atoms with Gasteiger partial charge >= 0.3 is 0 Å². The maximum Gasteiger partial charge on any atom is 0.295 e. The van der Waals surface area contributed by atoms with Gasteiger partial charge in [-0.3, -0.25) is 10.1 Å². The van der Waals surface area contributed by atoms with Crippen LogP contribution < -0.4 is 0 Å². The van der Waals surface area contributed by atoms with Crippen molar-refractivity contribution in [1.29, 1.82) is 0 Å². The molecule has 31 heavy (non-hydrogen) atoms. The van der Waals surface area contributed by atoms with Crippen LogP contribution in [0.1, 0.15) is 112 Å². The second-order valence-corrected chi connectivity index (χ2v) is 13.8. The molecule has 0 aliphatic heterocycles. The van der Waals surface area contributed by atoms with Crippen LogP contribution in [0.2, 0.25) is 0 Å². The van der Waals surface area contributed by atoms with E-state index in [2.05, 4.69) is 34.6 Å². The maximum absolute atomic E-state index is 11.6. The van der Waals surface area contributed by atoms with Gasteiger partial charge in [-0.25, -0.2) is 0 Å². The molecule has 4 aliphatic carbocycles. The van der Waals surface area contributed by atoms with E-state index in [1.807, 2.05) is 0 Å². The molecule has 0 aromatic rings. The normalized spacial score (nSPS) is 48.0. The van der Waals surface area contributed by atoms with Crippen LogP contribution in [0.15, 0.2) is 0 Å². The van der Waals surface area contributed by atoms with Gasteiger partial charge in [-0.2, -0.15) is 0 Å². The summed E-state index contributed by atoms with van der Waals surface area (Å²) < 4.78 is 0. The molecule has 4 fully saturated rings. The Balaban J connectivity index is 1.47. The lowest BCUT2D eigenvalue weighted by Crippen LogP contribution is -2.56. The highest BCUT2D eigenvalue weighted by Crippen LogP contribution is 2.69. The molecule has 9 atom stereocenters. The average Bonchev–Trinajstić information content (AvgIpc) is 3.05. The van der Waals surface area contributed by atoms with E-state index in [1.54, 1.807) is 0 Å². The van der Waals surface area contributed by atoms with Gasteiger partial charge in [0.1, 0.15) is 0 Å². The van der Waals surface area contributed by atoms with E-state index in [-0.39, 0.29) is 10.3 Å². The first-order valence-corrected chi connectivity index (χ1v) is 13.7. The molecule has 4 heteroatoms. The van der Waals surface area contributed by atoms with Crippen LogP contribution in [-0.4, -0.2) is 9.92 Å². The monoisotopic (exact) mass is 451 g/mol. The van der Waals surface area contributed by atoms with Crippen LogP contribution in [0.5, 0.6) is 0 Å². The molecule has 0 N–H and O–H groups in total. The van der Waals surface area contributed by atoms with Gasteiger partial charge in [0.05, 0.1) is 0 Å². The standard InChI is InChI=1S/C27H46ClNO2/c1-18(2)7-6-8-19(3)22-11-12-23-21-10-9-20-17-27(28,29(30)31)16-15-25(20,4)24(21)13-14-26(22,23)5/h18-24H,6-17H2,1-5H3/t19-,20+,21+,22+,23-,24+,25+,26+,27+/m1/s1. The van der Waals surface area contributed by atoms with Gasteiger partial charge in [-0.05, 0) is 109 Å². The summed E-state index contributed by atoms with van der Waals surface area (Å²) in [5.41, 5.74) is 0.785. The van der Waals surface area contributed by atoms with Crippen molar-refractivity contribution < 1.29 is 4.92 Å². The van der Waals surface area contributed by atoms with Crippen LogP contribution in [0.4, 0.5) is 0 Å². The fraction of sp³-hybridized carbons (Fsp3) is 1.00. The Bertz CT molecular complexity index is 682. The molecule has 0 aromatic carbocycles. The largest absolute Gasteiger partial charge is 0.295 e. The molecule has 0 unspecified atom stereocenters. The fourth-order valence-corrected chi connectivity index (χ4v) is 9.67. The zero-order chi connectivity index (χ0) is 22.6. The van der Waals surface area contributed by atoms with Gasteiger partial charge in [0.25, 0.3) is 5.00 Å². The number of hydrogen-bond acceptors (Lipinski definition) is 2. The molecular weight excluding hydrogens is 406 g/mol. The Hall–Kier alpha value is -0.310. The molecule has 3 nitrogen and oxygen atoms in total. The van der Waals surface area contributed by atoms with Gasteiger partial charge in [0.15, 0.2) is 0 Å². The first-order valence-electron chi connectivity index (χ1n) is 13.3. The third-order valence-electron chi connectivity index (χ3n) is 11.2. The van der Waals surface area contributed by atoms with E-state index in [4.69, 9.17) is 11.6 Å². The van der Waals surface area contributed by atoms with Crippen molar-refractivity contribution in [2.24, 2.45) is 52.3 Å².